The quantitative estimate of drug-likeness (QED) is 0.623. The Morgan fingerprint density at radius 1 is 1.43 bits per heavy atom. The zero-order valence-corrected chi connectivity index (χ0v) is 8.07. The maximum Gasteiger partial charge on any atom is 0.121 e. The minimum Gasteiger partial charge on any atom is -0.490 e. The van der Waals surface area contributed by atoms with E-state index in [-0.39, 0.29) is 0 Å². The fraction of sp³-hybridized carbons (Fsp3) is 0.417. The van der Waals surface area contributed by atoms with Gasteiger partial charge in [-0.3, -0.25) is 4.98 Å². The van der Waals surface area contributed by atoms with Crippen LogP contribution in [0.25, 0.3) is 5.76 Å². The molecule has 0 N–H and O–H groups in total. The van der Waals surface area contributed by atoms with Crippen molar-refractivity contribution in [2.75, 3.05) is 0 Å². The van der Waals surface area contributed by atoms with E-state index < -0.39 is 0 Å². The molecular formula is C12H13NO. The normalized spacial score (nSPS) is 29.3. The highest BCUT2D eigenvalue weighted by Crippen LogP contribution is 2.43. The molecule has 2 nitrogen and oxygen atoms in total. The topological polar surface area (TPSA) is 22.1 Å². The fourth-order valence-electron chi connectivity index (χ4n) is 2.57. The van der Waals surface area contributed by atoms with Gasteiger partial charge in [0.1, 0.15) is 11.9 Å². The van der Waals surface area contributed by atoms with E-state index in [9.17, 15) is 0 Å². The van der Waals surface area contributed by atoms with Gasteiger partial charge in [0.25, 0.3) is 0 Å². The van der Waals surface area contributed by atoms with Gasteiger partial charge >= 0.3 is 0 Å². The lowest BCUT2D eigenvalue weighted by Gasteiger charge is -2.29. The highest BCUT2D eigenvalue weighted by molar-refractivity contribution is 5.62. The highest BCUT2D eigenvalue weighted by atomic mass is 16.5. The van der Waals surface area contributed by atoms with Crippen LogP contribution in [0.1, 0.15) is 36.4 Å². The third-order valence-electron chi connectivity index (χ3n) is 3.24. The Labute approximate surface area is 83.6 Å². The Hall–Kier alpha value is -1.31. The molecule has 0 spiro atoms. The van der Waals surface area contributed by atoms with E-state index in [2.05, 4.69) is 17.6 Å². The van der Waals surface area contributed by atoms with E-state index in [1.165, 1.54) is 18.5 Å². The lowest BCUT2D eigenvalue weighted by Crippen LogP contribution is -2.23. The summed E-state index contributed by atoms with van der Waals surface area (Å²) < 4.78 is 5.80. The van der Waals surface area contributed by atoms with Crippen LogP contribution in [0.3, 0.4) is 0 Å². The number of hydrogen-bond donors (Lipinski definition) is 0. The van der Waals surface area contributed by atoms with Crippen molar-refractivity contribution in [2.45, 2.75) is 31.3 Å². The Balaban J connectivity index is 2.13. The summed E-state index contributed by atoms with van der Waals surface area (Å²) in [5.41, 5.74) is 2.31. The Morgan fingerprint density at radius 2 is 2.36 bits per heavy atom. The van der Waals surface area contributed by atoms with Gasteiger partial charge in [0.2, 0.25) is 0 Å². The maximum atomic E-state index is 5.80. The van der Waals surface area contributed by atoms with Crippen molar-refractivity contribution in [3.8, 4) is 0 Å². The van der Waals surface area contributed by atoms with Crippen molar-refractivity contribution in [3.63, 3.8) is 0 Å². The van der Waals surface area contributed by atoms with E-state index in [0.29, 0.717) is 12.0 Å². The second-order valence-electron chi connectivity index (χ2n) is 4.05. The largest absolute Gasteiger partial charge is 0.490 e. The van der Waals surface area contributed by atoms with Gasteiger partial charge in [-0.1, -0.05) is 6.58 Å². The van der Waals surface area contributed by atoms with Crippen molar-refractivity contribution in [2.24, 2.45) is 0 Å². The summed E-state index contributed by atoms with van der Waals surface area (Å²) in [6.07, 6.45) is 5.82. The molecule has 72 valence electrons. The molecule has 1 fully saturated rings. The molecule has 0 amide bonds. The van der Waals surface area contributed by atoms with Crippen LogP contribution >= 0.6 is 0 Å². The summed E-state index contributed by atoms with van der Waals surface area (Å²) in [4.78, 5) is 4.47. The SMILES string of the molecule is C=C1O[C@H]2CCC[C@H]2c2ncccc21. The van der Waals surface area contributed by atoms with Gasteiger partial charge in [-0.15, -0.1) is 0 Å². The smallest absolute Gasteiger partial charge is 0.121 e. The molecule has 0 aromatic carbocycles. The fourth-order valence-corrected chi connectivity index (χ4v) is 2.57. The second-order valence-corrected chi connectivity index (χ2v) is 4.05. The Kier molecular flexibility index (Phi) is 1.63. The standard InChI is InChI=1S/C12H13NO/c1-8-9-5-3-7-13-12(9)10-4-2-6-11(10)14-8/h3,5,7,10-11H,1-2,4,6H2/t10-,11+/m1/s1. The number of ether oxygens (including phenoxy) is 1. The third-order valence-corrected chi connectivity index (χ3v) is 3.24. The predicted molar refractivity (Wildman–Crippen MR) is 54.7 cm³/mol. The molecule has 1 aliphatic heterocycles. The second kappa shape index (κ2) is 2.84. The predicted octanol–water partition coefficient (Wildman–Crippen LogP) is 2.72. The van der Waals surface area contributed by atoms with Crippen LogP contribution in [-0.2, 0) is 4.74 Å². The molecule has 1 aromatic rings. The maximum absolute atomic E-state index is 5.80. The van der Waals surface area contributed by atoms with Crippen LogP contribution in [0.2, 0.25) is 0 Å². The van der Waals surface area contributed by atoms with Crippen molar-refractivity contribution in [3.05, 3.63) is 36.2 Å². The monoisotopic (exact) mass is 187 g/mol. The molecule has 0 saturated heterocycles. The molecule has 0 unspecified atom stereocenters. The van der Waals surface area contributed by atoms with Crippen molar-refractivity contribution >= 4 is 5.76 Å². The average Bonchev–Trinajstić information content (AvgIpc) is 2.66. The van der Waals surface area contributed by atoms with Crippen LogP contribution in [0.15, 0.2) is 24.9 Å². The molecule has 2 heteroatoms. The Morgan fingerprint density at radius 3 is 3.29 bits per heavy atom. The zero-order chi connectivity index (χ0) is 9.54. The Bertz CT molecular complexity index is 386. The van der Waals surface area contributed by atoms with Gasteiger partial charge < -0.3 is 4.74 Å². The summed E-state index contributed by atoms with van der Waals surface area (Å²) in [5.74, 6) is 1.31. The first-order valence-electron chi connectivity index (χ1n) is 5.17. The lowest BCUT2D eigenvalue weighted by atomic mass is 9.93. The minimum absolute atomic E-state index is 0.338. The van der Waals surface area contributed by atoms with Gasteiger partial charge in [0.15, 0.2) is 0 Å². The van der Waals surface area contributed by atoms with Crippen LogP contribution in [0, 0.1) is 0 Å². The number of pyridine rings is 1. The summed E-state index contributed by atoms with van der Waals surface area (Å²) in [7, 11) is 0. The van der Waals surface area contributed by atoms with Gasteiger partial charge in [-0.2, -0.15) is 0 Å². The molecular weight excluding hydrogens is 174 g/mol. The first-order chi connectivity index (χ1) is 6.86. The molecule has 2 atom stereocenters. The molecule has 1 aromatic heterocycles. The molecule has 3 rings (SSSR count). The van der Waals surface area contributed by atoms with E-state index in [1.54, 1.807) is 0 Å². The number of rotatable bonds is 0. The summed E-state index contributed by atoms with van der Waals surface area (Å²) in [5, 5.41) is 0. The lowest BCUT2D eigenvalue weighted by molar-refractivity contribution is 0.144. The first kappa shape index (κ1) is 8.04. The number of nitrogens with zero attached hydrogens (tertiary/aromatic N) is 1. The highest BCUT2D eigenvalue weighted by Gasteiger charge is 2.37. The van der Waals surface area contributed by atoms with Crippen molar-refractivity contribution < 1.29 is 4.74 Å². The van der Waals surface area contributed by atoms with Crippen LogP contribution < -0.4 is 0 Å². The van der Waals surface area contributed by atoms with Crippen LogP contribution in [0.4, 0.5) is 0 Å². The molecule has 1 saturated carbocycles. The van der Waals surface area contributed by atoms with Gasteiger partial charge in [-0.05, 0) is 31.4 Å². The summed E-state index contributed by atoms with van der Waals surface area (Å²) >= 11 is 0. The van der Waals surface area contributed by atoms with E-state index in [1.807, 2.05) is 12.3 Å². The van der Waals surface area contributed by atoms with Crippen molar-refractivity contribution in [1.82, 2.24) is 4.98 Å². The van der Waals surface area contributed by atoms with E-state index in [4.69, 9.17) is 4.74 Å². The molecule has 2 heterocycles. The van der Waals surface area contributed by atoms with Crippen molar-refractivity contribution in [1.29, 1.82) is 0 Å². The molecule has 14 heavy (non-hydrogen) atoms. The third kappa shape index (κ3) is 0.999. The number of fused-ring (bicyclic) bond motifs is 3. The summed E-state index contributed by atoms with van der Waals surface area (Å²) in [6.45, 7) is 3.95. The van der Waals surface area contributed by atoms with Gasteiger partial charge in [0.05, 0.1) is 5.69 Å². The van der Waals surface area contributed by atoms with Gasteiger partial charge in [-0.25, -0.2) is 0 Å². The molecule has 0 radical (unpaired) electrons. The van der Waals surface area contributed by atoms with Crippen LogP contribution in [0.5, 0.6) is 0 Å². The molecule has 2 aliphatic rings. The van der Waals surface area contributed by atoms with Gasteiger partial charge in [0, 0.05) is 17.7 Å². The van der Waals surface area contributed by atoms with E-state index in [0.717, 1.165) is 17.7 Å². The summed E-state index contributed by atoms with van der Waals surface area (Å²) in [6, 6.07) is 4.00. The average molecular weight is 187 g/mol. The first-order valence-corrected chi connectivity index (χ1v) is 5.17. The molecule has 1 aliphatic carbocycles. The minimum atomic E-state index is 0.338. The van der Waals surface area contributed by atoms with Crippen LogP contribution in [-0.4, -0.2) is 11.1 Å². The molecule has 0 bridgehead atoms. The number of aromatic nitrogens is 1. The number of hydrogen-bond acceptors (Lipinski definition) is 2. The zero-order valence-electron chi connectivity index (χ0n) is 8.07. The van der Waals surface area contributed by atoms with E-state index >= 15 is 0 Å².